The molecule has 0 aliphatic heterocycles. The highest BCUT2D eigenvalue weighted by atomic mass is 16.1. The number of rotatable bonds is 2. The van der Waals surface area contributed by atoms with Crippen LogP contribution in [0.15, 0.2) is 11.6 Å². The minimum atomic E-state index is -0.345. The number of hydrogen-bond donors (Lipinski definition) is 3. The van der Waals surface area contributed by atoms with Crippen molar-refractivity contribution in [2.24, 2.45) is 17.2 Å². The van der Waals surface area contributed by atoms with Crippen LogP contribution in [0.2, 0.25) is 0 Å². The molecule has 0 radical (unpaired) electrons. The van der Waals surface area contributed by atoms with Gasteiger partial charge in [0, 0.05) is 18.7 Å². The van der Waals surface area contributed by atoms with Crippen molar-refractivity contribution < 1.29 is 4.79 Å². The Labute approximate surface area is 67.4 Å². The zero-order chi connectivity index (χ0) is 9.28. The van der Waals surface area contributed by atoms with Crippen molar-refractivity contribution in [2.45, 2.75) is 13.8 Å². The summed E-state index contributed by atoms with van der Waals surface area (Å²) in [6.07, 6.45) is 1.68. The Bertz CT molecular complexity index is 130. The van der Waals surface area contributed by atoms with Crippen LogP contribution in [0.25, 0.3) is 0 Å². The highest BCUT2D eigenvalue weighted by Crippen LogP contribution is 1.85. The molecule has 0 aromatic heterocycles. The monoisotopic (exact) mass is 159 g/mol. The van der Waals surface area contributed by atoms with Crippen molar-refractivity contribution in [2.75, 3.05) is 13.1 Å². The first-order valence-electron chi connectivity index (χ1n) is 3.43. The molecule has 0 aromatic rings. The zero-order valence-corrected chi connectivity index (χ0v) is 7.13. The lowest BCUT2D eigenvalue weighted by Gasteiger charge is -1.85. The SMILES string of the molecule is CC=C(C)C(N)=O.NCCN. The predicted molar refractivity (Wildman–Crippen MR) is 46.7 cm³/mol. The molecule has 1 amide bonds. The fourth-order valence-electron chi connectivity index (χ4n) is 0.142. The fourth-order valence-corrected chi connectivity index (χ4v) is 0.142. The van der Waals surface area contributed by atoms with E-state index in [9.17, 15) is 4.79 Å². The van der Waals surface area contributed by atoms with Gasteiger partial charge in [0.05, 0.1) is 0 Å². The average Bonchev–Trinajstić information content (AvgIpc) is 2.03. The highest BCUT2D eigenvalue weighted by molar-refractivity contribution is 5.91. The number of primary amides is 1. The van der Waals surface area contributed by atoms with Crippen LogP contribution < -0.4 is 17.2 Å². The lowest BCUT2D eigenvalue weighted by molar-refractivity contribution is -0.114. The number of allylic oxidation sites excluding steroid dienone is 1. The topological polar surface area (TPSA) is 95.1 Å². The van der Waals surface area contributed by atoms with Crippen LogP contribution in [0.4, 0.5) is 0 Å². The molecule has 0 saturated carbocycles. The summed E-state index contributed by atoms with van der Waals surface area (Å²) in [7, 11) is 0. The summed E-state index contributed by atoms with van der Waals surface area (Å²) in [6.45, 7) is 4.66. The predicted octanol–water partition coefficient (Wildman–Crippen LogP) is -0.658. The molecule has 0 atom stereocenters. The first-order chi connectivity index (χ1) is 5.09. The van der Waals surface area contributed by atoms with E-state index in [2.05, 4.69) is 0 Å². The van der Waals surface area contributed by atoms with E-state index in [4.69, 9.17) is 17.2 Å². The quantitative estimate of drug-likeness (QED) is 0.467. The third-order valence-corrected chi connectivity index (χ3v) is 0.988. The van der Waals surface area contributed by atoms with Gasteiger partial charge in [-0.1, -0.05) is 6.08 Å². The maximum absolute atomic E-state index is 10.1. The number of nitrogens with two attached hydrogens (primary N) is 3. The van der Waals surface area contributed by atoms with Crippen molar-refractivity contribution in [3.63, 3.8) is 0 Å². The van der Waals surface area contributed by atoms with E-state index in [1.807, 2.05) is 0 Å². The first kappa shape index (κ1) is 12.8. The van der Waals surface area contributed by atoms with Gasteiger partial charge < -0.3 is 17.2 Å². The van der Waals surface area contributed by atoms with Gasteiger partial charge in [0.2, 0.25) is 5.91 Å². The fraction of sp³-hybridized carbons (Fsp3) is 0.571. The van der Waals surface area contributed by atoms with Gasteiger partial charge in [0.25, 0.3) is 0 Å². The summed E-state index contributed by atoms with van der Waals surface area (Å²) in [4.78, 5) is 10.1. The summed E-state index contributed by atoms with van der Waals surface area (Å²) in [6, 6.07) is 0. The Morgan fingerprint density at radius 1 is 1.36 bits per heavy atom. The summed E-state index contributed by atoms with van der Waals surface area (Å²) in [5.41, 5.74) is 15.3. The second-order valence-corrected chi connectivity index (χ2v) is 1.91. The van der Waals surface area contributed by atoms with Crippen LogP contribution in [0.5, 0.6) is 0 Å². The van der Waals surface area contributed by atoms with Gasteiger partial charge >= 0.3 is 0 Å². The van der Waals surface area contributed by atoms with Gasteiger partial charge in [0.15, 0.2) is 0 Å². The van der Waals surface area contributed by atoms with Crippen LogP contribution in [0.3, 0.4) is 0 Å². The van der Waals surface area contributed by atoms with E-state index in [-0.39, 0.29) is 5.91 Å². The van der Waals surface area contributed by atoms with Gasteiger partial charge in [0.1, 0.15) is 0 Å². The first-order valence-corrected chi connectivity index (χ1v) is 3.43. The molecule has 0 aliphatic carbocycles. The van der Waals surface area contributed by atoms with E-state index in [1.165, 1.54) is 0 Å². The molecule has 0 rings (SSSR count). The minimum absolute atomic E-state index is 0.345. The van der Waals surface area contributed by atoms with Gasteiger partial charge in [-0.2, -0.15) is 0 Å². The third kappa shape index (κ3) is 12.4. The van der Waals surface area contributed by atoms with Gasteiger partial charge in [-0.25, -0.2) is 0 Å². The number of carbonyl (C=O) groups excluding carboxylic acids is 1. The molecule has 6 N–H and O–H groups in total. The highest BCUT2D eigenvalue weighted by Gasteiger charge is 1.90. The minimum Gasteiger partial charge on any atom is -0.366 e. The van der Waals surface area contributed by atoms with E-state index in [0.29, 0.717) is 18.7 Å². The normalized spacial score (nSPS) is 10.0. The maximum Gasteiger partial charge on any atom is 0.243 e. The largest absolute Gasteiger partial charge is 0.366 e. The lowest BCUT2D eigenvalue weighted by atomic mass is 10.3. The van der Waals surface area contributed by atoms with Crippen LogP contribution in [-0.4, -0.2) is 19.0 Å². The zero-order valence-electron chi connectivity index (χ0n) is 7.13. The third-order valence-electron chi connectivity index (χ3n) is 0.988. The molecule has 0 heterocycles. The van der Waals surface area contributed by atoms with Crippen molar-refractivity contribution in [3.8, 4) is 0 Å². The maximum atomic E-state index is 10.1. The van der Waals surface area contributed by atoms with Crippen molar-refractivity contribution in [3.05, 3.63) is 11.6 Å². The Balaban J connectivity index is 0. The lowest BCUT2D eigenvalue weighted by Crippen LogP contribution is -2.11. The van der Waals surface area contributed by atoms with Crippen LogP contribution >= 0.6 is 0 Å². The van der Waals surface area contributed by atoms with Crippen molar-refractivity contribution in [1.29, 1.82) is 0 Å². The van der Waals surface area contributed by atoms with Gasteiger partial charge in [-0.15, -0.1) is 0 Å². The molecule has 0 spiro atoms. The summed E-state index contributed by atoms with van der Waals surface area (Å²) in [5, 5.41) is 0. The molecular formula is C7H17N3O. The molecule has 0 unspecified atom stereocenters. The molecule has 4 nitrogen and oxygen atoms in total. The molecule has 0 aromatic carbocycles. The molecule has 0 fully saturated rings. The van der Waals surface area contributed by atoms with E-state index >= 15 is 0 Å². The standard InChI is InChI=1S/C5H9NO.C2H8N2/c1-3-4(2)5(6)7;3-1-2-4/h3H,1-2H3,(H2,6,7);1-4H2. The number of hydrogen-bond acceptors (Lipinski definition) is 3. The molecule has 66 valence electrons. The van der Waals surface area contributed by atoms with Crippen molar-refractivity contribution >= 4 is 5.91 Å². The number of carbonyl (C=O) groups is 1. The molecular weight excluding hydrogens is 142 g/mol. The van der Waals surface area contributed by atoms with Crippen LogP contribution in [0, 0.1) is 0 Å². The molecule has 0 aliphatic rings. The van der Waals surface area contributed by atoms with Gasteiger partial charge in [-0.3, -0.25) is 4.79 Å². The molecule has 11 heavy (non-hydrogen) atoms. The smallest absolute Gasteiger partial charge is 0.243 e. The second-order valence-electron chi connectivity index (χ2n) is 1.91. The summed E-state index contributed by atoms with van der Waals surface area (Å²) >= 11 is 0. The van der Waals surface area contributed by atoms with Crippen molar-refractivity contribution in [1.82, 2.24) is 0 Å². The van der Waals surface area contributed by atoms with E-state index in [0.717, 1.165) is 0 Å². The summed E-state index contributed by atoms with van der Waals surface area (Å²) in [5.74, 6) is -0.345. The van der Waals surface area contributed by atoms with Crippen LogP contribution in [-0.2, 0) is 4.79 Å². The molecule has 0 bridgehead atoms. The van der Waals surface area contributed by atoms with Gasteiger partial charge in [-0.05, 0) is 13.8 Å². The Kier molecular flexibility index (Phi) is 10.6. The Hall–Kier alpha value is -0.870. The van der Waals surface area contributed by atoms with E-state index in [1.54, 1.807) is 19.9 Å². The number of amides is 1. The Morgan fingerprint density at radius 3 is 1.73 bits per heavy atom. The van der Waals surface area contributed by atoms with E-state index < -0.39 is 0 Å². The average molecular weight is 159 g/mol. The van der Waals surface area contributed by atoms with Crippen LogP contribution in [0.1, 0.15) is 13.8 Å². The Morgan fingerprint density at radius 2 is 1.73 bits per heavy atom. The molecule has 4 heteroatoms. The summed E-state index contributed by atoms with van der Waals surface area (Å²) < 4.78 is 0. The molecule has 0 saturated heterocycles. The second kappa shape index (κ2) is 9.13.